The molecular weight excluding hydrogens is 428 g/mol. The summed E-state index contributed by atoms with van der Waals surface area (Å²) in [4.78, 5) is 24.0. The summed E-state index contributed by atoms with van der Waals surface area (Å²) in [7, 11) is 1.27. The standard InChI is InChI=1S/C22H20N6O3S/c1-31-21(30)18(19-24-15-4-2-3-5-16(15)25-19)17(29)12-32-22-27-26-20(28(22)14-6-7-14)13-8-10-23-11-9-13/h2-5,8-11,14,29H,6-7,12H2,1H3,(H,24,25)/b18-17+. The van der Waals surface area contributed by atoms with E-state index in [0.29, 0.717) is 16.7 Å². The van der Waals surface area contributed by atoms with E-state index in [0.717, 1.165) is 29.7 Å². The molecule has 0 unspecified atom stereocenters. The molecule has 1 aliphatic carbocycles. The number of para-hydroxylation sites is 2. The van der Waals surface area contributed by atoms with Gasteiger partial charge in [0.25, 0.3) is 0 Å². The van der Waals surface area contributed by atoms with Crippen molar-refractivity contribution in [3.05, 3.63) is 60.4 Å². The van der Waals surface area contributed by atoms with Crippen molar-refractivity contribution in [2.75, 3.05) is 12.9 Å². The third-order valence-electron chi connectivity index (χ3n) is 5.16. The van der Waals surface area contributed by atoms with Crippen molar-refractivity contribution in [1.29, 1.82) is 0 Å². The fourth-order valence-electron chi connectivity index (χ4n) is 3.46. The van der Waals surface area contributed by atoms with Crippen LogP contribution in [0.3, 0.4) is 0 Å². The van der Waals surface area contributed by atoms with Crippen LogP contribution in [0.1, 0.15) is 24.7 Å². The number of aromatic nitrogens is 6. The average Bonchev–Trinajstić information content (AvgIpc) is 3.43. The Bertz CT molecular complexity index is 1280. The second-order valence-corrected chi connectivity index (χ2v) is 8.29. The lowest BCUT2D eigenvalue weighted by Crippen LogP contribution is -2.10. The largest absolute Gasteiger partial charge is 0.510 e. The smallest absolute Gasteiger partial charge is 0.345 e. The number of esters is 1. The summed E-state index contributed by atoms with van der Waals surface area (Å²) in [6.07, 6.45) is 5.55. The quantitative estimate of drug-likeness (QED) is 0.190. The zero-order valence-corrected chi connectivity index (χ0v) is 18.0. The highest BCUT2D eigenvalue weighted by molar-refractivity contribution is 7.99. The van der Waals surface area contributed by atoms with Gasteiger partial charge in [0.2, 0.25) is 0 Å². The van der Waals surface area contributed by atoms with E-state index < -0.39 is 5.97 Å². The van der Waals surface area contributed by atoms with E-state index in [1.165, 1.54) is 18.9 Å². The lowest BCUT2D eigenvalue weighted by atomic mass is 10.2. The molecule has 1 saturated carbocycles. The predicted molar refractivity (Wildman–Crippen MR) is 120 cm³/mol. The number of benzene rings is 1. The highest BCUT2D eigenvalue weighted by Crippen LogP contribution is 2.41. The topological polar surface area (TPSA) is 119 Å². The number of aromatic amines is 1. The molecule has 0 radical (unpaired) electrons. The fourth-order valence-corrected chi connectivity index (χ4v) is 4.35. The number of ether oxygens (including phenoxy) is 1. The van der Waals surface area contributed by atoms with Crippen LogP contribution >= 0.6 is 11.8 Å². The number of pyridine rings is 1. The number of carbonyl (C=O) groups excluding carboxylic acids is 1. The number of carbonyl (C=O) groups is 1. The molecule has 0 saturated heterocycles. The Balaban J connectivity index is 1.46. The number of aliphatic hydroxyl groups excluding tert-OH is 1. The molecule has 2 N–H and O–H groups in total. The second-order valence-electron chi connectivity index (χ2n) is 7.35. The summed E-state index contributed by atoms with van der Waals surface area (Å²) in [5, 5.41) is 20.2. The van der Waals surface area contributed by atoms with Crippen LogP contribution in [-0.2, 0) is 9.53 Å². The van der Waals surface area contributed by atoms with Gasteiger partial charge >= 0.3 is 5.97 Å². The van der Waals surface area contributed by atoms with E-state index >= 15 is 0 Å². The first kappa shape index (κ1) is 20.3. The molecule has 5 rings (SSSR count). The fraction of sp³-hybridized carbons (Fsp3) is 0.227. The van der Waals surface area contributed by atoms with Gasteiger partial charge in [0, 0.05) is 24.0 Å². The molecule has 162 valence electrons. The van der Waals surface area contributed by atoms with Crippen LogP contribution < -0.4 is 0 Å². The highest BCUT2D eigenvalue weighted by Gasteiger charge is 2.30. The normalized spacial score (nSPS) is 14.4. The number of nitrogens with one attached hydrogen (secondary N) is 1. The summed E-state index contributed by atoms with van der Waals surface area (Å²) in [5.74, 6) is 0.339. The van der Waals surface area contributed by atoms with Crippen LogP contribution in [0.4, 0.5) is 0 Å². The lowest BCUT2D eigenvalue weighted by molar-refractivity contribution is -0.133. The van der Waals surface area contributed by atoms with Crippen molar-refractivity contribution in [1.82, 2.24) is 29.7 Å². The Morgan fingerprint density at radius 3 is 2.72 bits per heavy atom. The minimum atomic E-state index is -0.664. The van der Waals surface area contributed by atoms with Crippen LogP contribution in [0, 0.1) is 0 Å². The summed E-state index contributed by atoms with van der Waals surface area (Å²) in [6, 6.07) is 11.5. The van der Waals surface area contributed by atoms with Crippen molar-refractivity contribution >= 4 is 34.3 Å². The van der Waals surface area contributed by atoms with Crippen LogP contribution in [0.25, 0.3) is 28.0 Å². The number of thioether (sulfide) groups is 1. The molecule has 4 aromatic rings. The maximum atomic E-state index is 12.5. The summed E-state index contributed by atoms with van der Waals surface area (Å²) in [6.45, 7) is 0. The SMILES string of the molecule is COC(=O)/C(=C(/O)CSc1nnc(-c2ccncc2)n1C1CC1)c1nc2ccccc2[nH]1. The third-order valence-corrected chi connectivity index (χ3v) is 6.11. The van der Waals surface area contributed by atoms with E-state index in [9.17, 15) is 9.90 Å². The monoisotopic (exact) mass is 448 g/mol. The summed E-state index contributed by atoms with van der Waals surface area (Å²) in [5.41, 5.74) is 2.39. The molecule has 0 bridgehead atoms. The van der Waals surface area contributed by atoms with Crippen LogP contribution in [0.15, 0.2) is 59.7 Å². The Labute approximate surface area is 187 Å². The van der Waals surface area contributed by atoms with Gasteiger partial charge in [-0.25, -0.2) is 9.78 Å². The minimum Gasteiger partial charge on any atom is -0.510 e. The average molecular weight is 449 g/mol. The highest BCUT2D eigenvalue weighted by atomic mass is 32.2. The van der Waals surface area contributed by atoms with E-state index in [-0.39, 0.29) is 22.9 Å². The van der Waals surface area contributed by atoms with Gasteiger partial charge in [-0.2, -0.15) is 0 Å². The zero-order chi connectivity index (χ0) is 22.1. The Morgan fingerprint density at radius 2 is 2.00 bits per heavy atom. The van der Waals surface area contributed by atoms with Gasteiger partial charge in [-0.1, -0.05) is 23.9 Å². The van der Waals surface area contributed by atoms with Gasteiger partial charge in [0.1, 0.15) is 17.2 Å². The Kier molecular flexibility index (Phi) is 5.36. The molecular formula is C22H20N6O3S. The van der Waals surface area contributed by atoms with Crippen molar-refractivity contribution in [3.8, 4) is 11.4 Å². The van der Waals surface area contributed by atoms with Crippen molar-refractivity contribution in [2.45, 2.75) is 24.0 Å². The number of imidazole rings is 1. The van der Waals surface area contributed by atoms with E-state index in [1.54, 1.807) is 12.4 Å². The third kappa shape index (κ3) is 3.84. The molecule has 3 aromatic heterocycles. The zero-order valence-electron chi connectivity index (χ0n) is 17.2. The molecule has 0 amide bonds. The number of rotatable bonds is 7. The van der Waals surface area contributed by atoms with E-state index in [1.807, 2.05) is 36.4 Å². The van der Waals surface area contributed by atoms with Crippen LogP contribution in [-0.4, -0.2) is 53.7 Å². The van der Waals surface area contributed by atoms with Crippen molar-refractivity contribution in [3.63, 3.8) is 0 Å². The van der Waals surface area contributed by atoms with Gasteiger partial charge in [0.15, 0.2) is 11.0 Å². The molecule has 9 nitrogen and oxygen atoms in total. The number of methoxy groups -OCH3 is 1. The molecule has 1 aromatic carbocycles. The first-order valence-corrected chi connectivity index (χ1v) is 11.1. The second kappa shape index (κ2) is 8.46. The number of nitrogens with zero attached hydrogens (tertiary/aromatic N) is 5. The summed E-state index contributed by atoms with van der Waals surface area (Å²) >= 11 is 1.31. The van der Waals surface area contributed by atoms with Crippen molar-refractivity contribution in [2.24, 2.45) is 0 Å². The number of fused-ring (bicyclic) bond motifs is 1. The summed E-state index contributed by atoms with van der Waals surface area (Å²) < 4.78 is 6.99. The molecule has 10 heteroatoms. The molecule has 0 aliphatic heterocycles. The molecule has 32 heavy (non-hydrogen) atoms. The van der Waals surface area contributed by atoms with Gasteiger partial charge in [-0.05, 0) is 37.1 Å². The molecule has 1 fully saturated rings. The predicted octanol–water partition coefficient (Wildman–Crippen LogP) is 3.79. The van der Waals surface area contributed by atoms with Gasteiger partial charge < -0.3 is 14.8 Å². The minimum absolute atomic E-state index is 0.00282. The van der Waals surface area contributed by atoms with Crippen LogP contribution in [0.2, 0.25) is 0 Å². The van der Waals surface area contributed by atoms with E-state index in [2.05, 4.69) is 29.7 Å². The van der Waals surface area contributed by atoms with Crippen molar-refractivity contribution < 1.29 is 14.6 Å². The number of hydrogen-bond acceptors (Lipinski definition) is 8. The number of H-pyrrole nitrogens is 1. The lowest BCUT2D eigenvalue weighted by Gasteiger charge is -2.10. The number of hydrogen-bond donors (Lipinski definition) is 2. The molecule has 0 spiro atoms. The molecule has 1 aliphatic rings. The first-order valence-electron chi connectivity index (χ1n) is 10.1. The maximum Gasteiger partial charge on any atom is 0.345 e. The molecule has 3 heterocycles. The Morgan fingerprint density at radius 1 is 1.22 bits per heavy atom. The first-order chi connectivity index (χ1) is 15.7. The van der Waals surface area contributed by atoms with E-state index in [4.69, 9.17) is 4.74 Å². The molecule has 0 atom stereocenters. The Hall–Kier alpha value is -3.66. The van der Waals surface area contributed by atoms with Gasteiger partial charge in [0.05, 0.1) is 23.9 Å². The van der Waals surface area contributed by atoms with Crippen LogP contribution in [0.5, 0.6) is 0 Å². The number of aliphatic hydroxyl groups is 1. The van der Waals surface area contributed by atoms with Gasteiger partial charge in [-0.15, -0.1) is 10.2 Å². The maximum absolute atomic E-state index is 12.5. The van der Waals surface area contributed by atoms with Gasteiger partial charge in [-0.3, -0.25) is 9.55 Å².